The second-order valence-corrected chi connectivity index (χ2v) is 5.63. The fraction of sp³-hybridized carbons (Fsp3) is 0.333. The van der Waals surface area contributed by atoms with Gasteiger partial charge in [-0.15, -0.1) is 0 Å². The Bertz CT molecular complexity index is 655. The van der Waals surface area contributed by atoms with Crippen molar-refractivity contribution in [2.24, 2.45) is 0 Å². The first-order chi connectivity index (χ1) is 9.92. The van der Waals surface area contributed by atoms with E-state index in [2.05, 4.69) is 5.32 Å². The van der Waals surface area contributed by atoms with Gasteiger partial charge in [0.1, 0.15) is 22.3 Å². The van der Waals surface area contributed by atoms with Crippen molar-refractivity contribution in [2.75, 3.05) is 26.8 Å². The number of nitrogens with one attached hydrogen (secondary N) is 2. The zero-order valence-electron chi connectivity index (χ0n) is 11.2. The van der Waals surface area contributed by atoms with Gasteiger partial charge in [0.15, 0.2) is 0 Å². The molecule has 1 rings (SSSR count). The van der Waals surface area contributed by atoms with E-state index in [1.54, 1.807) is 0 Å². The topological polar surface area (TPSA) is 108 Å². The van der Waals surface area contributed by atoms with Gasteiger partial charge < -0.3 is 10.1 Å². The lowest BCUT2D eigenvalue weighted by Gasteiger charge is -2.09. The van der Waals surface area contributed by atoms with E-state index < -0.39 is 38.8 Å². The molecule has 0 fully saturated rings. The minimum absolute atomic E-state index is 0.237. The highest BCUT2D eigenvalue weighted by molar-refractivity contribution is 7.89. The molecule has 0 saturated carbocycles. The van der Waals surface area contributed by atoms with E-state index in [4.69, 9.17) is 10.00 Å². The van der Waals surface area contributed by atoms with Gasteiger partial charge in [0.2, 0.25) is 15.9 Å². The van der Waals surface area contributed by atoms with Crippen molar-refractivity contribution in [1.29, 1.82) is 5.26 Å². The number of nitrogens with zero attached hydrogens (tertiary/aromatic N) is 1. The largest absolute Gasteiger partial charge is 0.383 e. The minimum atomic E-state index is -4.16. The number of ether oxygens (including phenoxy) is 1. The average Bonchev–Trinajstić information content (AvgIpc) is 2.45. The molecule has 0 heterocycles. The molecule has 0 bridgehead atoms. The summed E-state index contributed by atoms with van der Waals surface area (Å²) in [7, 11) is -2.70. The normalized spacial score (nSPS) is 10.9. The van der Waals surface area contributed by atoms with Gasteiger partial charge in [-0.25, -0.2) is 17.5 Å². The Hall–Kier alpha value is -2.02. The van der Waals surface area contributed by atoms with Crippen molar-refractivity contribution in [1.82, 2.24) is 10.0 Å². The maximum Gasteiger partial charge on any atom is 0.242 e. The van der Waals surface area contributed by atoms with E-state index in [0.717, 1.165) is 12.1 Å². The molecule has 1 aromatic carbocycles. The van der Waals surface area contributed by atoms with Crippen LogP contribution in [0.4, 0.5) is 4.39 Å². The van der Waals surface area contributed by atoms with Crippen molar-refractivity contribution >= 4 is 15.9 Å². The molecule has 1 aromatic rings. The van der Waals surface area contributed by atoms with Crippen LogP contribution in [0, 0.1) is 17.1 Å². The zero-order valence-corrected chi connectivity index (χ0v) is 12.0. The first-order valence-corrected chi connectivity index (χ1v) is 7.34. The number of hydrogen-bond donors (Lipinski definition) is 2. The molecular formula is C12H14FN3O4S. The number of sulfonamides is 1. The van der Waals surface area contributed by atoms with E-state index in [-0.39, 0.29) is 6.54 Å². The van der Waals surface area contributed by atoms with Crippen LogP contribution in [-0.4, -0.2) is 41.1 Å². The van der Waals surface area contributed by atoms with Crippen LogP contribution in [0.2, 0.25) is 0 Å². The monoisotopic (exact) mass is 315 g/mol. The number of nitriles is 1. The third-order valence-corrected chi connectivity index (χ3v) is 3.87. The van der Waals surface area contributed by atoms with Crippen LogP contribution in [0.3, 0.4) is 0 Å². The lowest BCUT2D eigenvalue weighted by Crippen LogP contribution is -2.38. The molecule has 0 aromatic heterocycles. The van der Waals surface area contributed by atoms with Crippen LogP contribution >= 0.6 is 0 Å². The van der Waals surface area contributed by atoms with Crippen LogP contribution in [0.15, 0.2) is 23.1 Å². The summed E-state index contributed by atoms with van der Waals surface area (Å²) in [6.45, 7) is 0.00880. The molecule has 0 radical (unpaired) electrons. The number of halogens is 1. The molecule has 0 aliphatic carbocycles. The predicted molar refractivity (Wildman–Crippen MR) is 71.2 cm³/mol. The van der Waals surface area contributed by atoms with E-state index in [0.29, 0.717) is 6.61 Å². The quantitative estimate of drug-likeness (QED) is 0.674. The molecular weight excluding hydrogens is 301 g/mol. The lowest BCUT2D eigenvalue weighted by molar-refractivity contribution is -0.120. The molecule has 21 heavy (non-hydrogen) atoms. The van der Waals surface area contributed by atoms with Crippen LogP contribution in [0.5, 0.6) is 0 Å². The third-order valence-electron chi connectivity index (χ3n) is 2.43. The number of methoxy groups -OCH3 is 1. The number of carbonyl (C=O) groups excluding carboxylic acids is 1. The summed E-state index contributed by atoms with van der Waals surface area (Å²) in [4.78, 5) is 10.9. The molecule has 0 spiro atoms. The van der Waals surface area contributed by atoms with E-state index >= 15 is 0 Å². The Morgan fingerprint density at radius 3 is 2.81 bits per heavy atom. The van der Waals surface area contributed by atoms with Gasteiger partial charge in [-0.3, -0.25) is 4.79 Å². The molecule has 1 amide bonds. The average molecular weight is 315 g/mol. The summed E-state index contributed by atoms with van der Waals surface area (Å²) in [6, 6.07) is 4.73. The number of amides is 1. The third kappa shape index (κ3) is 4.78. The predicted octanol–water partition coefficient (Wildman–Crippen LogP) is -0.262. The summed E-state index contributed by atoms with van der Waals surface area (Å²) >= 11 is 0. The zero-order chi connectivity index (χ0) is 15.9. The standard InChI is InChI=1S/C12H14FN3O4S/c1-20-6-5-15-12(17)8-16-21(18,19)11-4-2-3-10(13)9(11)7-14/h2-4,16H,5-6,8H2,1H3,(H,15,17). The highest BCUT2D eigenvalue weighted by atomic mass is 32.2. The van der Waals surface area contributed by atoms with Crippen LogP contribution in [0.25, 0.3) is 0 Å². The lowest BCUT2D eigenvalue weighted by atomic mass is 10.2. The first kappa shape index (κ1) is 17.0. The molecule has 0 aliphatic rings. The highest BCUT2D eigenvalue weighted by Gasteiger charge is 2.21. The van der Waals surface area contributed by atoms with Gasteiger partial charge in [0, 0.05) is 13.7 Å². The molecule has 9 heteroatoms. The van der Waals surface area contributed by atoms with Crippen molar-refractivity contribution < 1.29 is 22.3 Å². The second kappa shape index (κ2) is 7.68. The molecule has 0 unspecified atom stereocenters. The van der Waals surface area contributed by atoms with Crippen LogP contribution in [-0.2, 0) is 19.6 Å². The van der Waals surface area contributed by atoms with E-state index in [1.165, 1.54) is 19.2 Å². The summed E-state index contributed by atoms with van der Waals surface area (Å²) in [6.07, 6.45) is 0. The molecule has 0 saturated heterocycles. The van der Waals surface area contributed by atoms with Gasteiger partial charge in [-0.05, 0) is 12.1 Å². The smallest absolute Gasteiger partial charge is 0.242 e. The van der Waals surface area contributed by atoms with Gasteiger partial charge in [0.05, 0.1) is 13.2 Å². The fourth-order valence-electron chi connectivity index (χ4n) is 1.43. The maximum absolute atomic E-state index is 13.4. The van der Waals surface area contributed by atoms with Crippen molar-refractivity contribution in [2.45, 2.75) is 4.90 Å². The SMILES string of the molecule is COCCNC(=O)CNS(=O)(=O)c1cccc(F)c1C#N. The Balaban J connectivity index is 2.77. The van der Waals surface area contributed by atoms with Crippen molar-refractivity contribution in [3.05, 3.63) is 29.6 Å². The Kier molecular flexibility index (Phi) is 6.23. The summed E-state index contributed by atoms with van der Waals surface area (Å²) in [5.74, 6) is -1.50. The molecule has 114 valence electrons. The summed E-state index contributed by atoms with van der Waals surface area (Å²) < 4.78 is 44.0. The Morgan fingerprint density at radius 2 is 2.19 bits per heavy atom. The van der Waals surface area contributed by atoms with Crippen LogP contribution in [0.1, 0.15) is 5.56 Å². The Labute approximate surface area is 121 Å². The highest BCUT2D eigenvalue weighted by Crippen LogP contribution is 2.17. The molecule has 0 atom stereocenters. The minimum Gasteiger partial charge on any atom is -0.383 e. The number of benzene rings is 1. The number of rotatable bonds is 7. The van der Waals surface area contributed by atoms with Crippen molar-refractivity contribution in [3.8, 4) is 6.07 Å². The Morgan fingerprint density at radius 1 is 1.48 bits per heavy atom. The van der Waals surface area contributed by atoms with Gasteiger partial charge in [0.25, 0.3) is 0 Å². The number of carbonyl (C=O) groups is 1. The fourth-order valence-corrected chi connectivity index (χ4v) is 2.58. The first-order valence-electron chi connectivity index (χ1n) is 5.86. The number of hydrogen-bond acceptors (Lipinski definition) is 5. The molecule has 2 N–H and O–H groups in total. The van der Waals surface area contributed by atoms with E-state index in [1.807, 2.05) is 4.72 Å². The van der Waals surface area contributed by atoms with Gasteiger partial charge >= 0.3 is 0 Å². The van der Waals surface area contributed by atoms with Crippen LogP contribution < -0.4 is 10.0 Å². The molecule has 0 aliphatic heterocycles. The van der Waals surface area contributed by atoms with E-state index in [9.17, 15) is 17.6 Å². The van der Waals surface area contributed by atoms with Crippen molar-refractivity contribution in [3.63, 3.8) is 0 Å². The van der Waals surface area contributed by atoms with Gasteiger partial charge in [-0.2, -0.15) is 5.26 Å². The summed E-state index contributed by atoms with van der Waals surface area (Å²) in [5, 5.41) is 11.2. The second-order valence-electron chi connectivity index (χ2n) is 3.89. The maximum atomic E-state index is 13.4. The van der Waals surface area contributed by atoms with Gasteiger partial charge in [-0.1, -0.05) is 6.07 Å². The summed E-state index contributed by atoms with van der Waals surface area (Å²) in [5.41, 5.74) is -0.593. The molecule has 7 nitrogen and oxygen atoms in total.